The number of carbonyl (C=O) groups excluding carboxylic acids is 1. The molecular weight excluding hydrogens is 172 g/mol. The lowest BCUT2D eigenvalue weighted by Gasteiger charge is -2.21. The van der Waals surface area contributed by atoms with E-state index in [2.05, 4.69) is 12.6 Å². The molecule has 1 saturated carbocycles. The Morgan fingerprint density at radius 3 is 2.58 bits per heavy atom. The van der Waals surface area contributed by atoms with Crippen molar-refractivity contribution in [1.29, 1.82) is 0 Å². The maximum Gasteiger partial charge on any atom is 0.306 e. The average molecular weight is 188 g/mol. The Balaban J connectivity index is 2.15. The molecule has 70 valence electrons. The number of esters is 1. The Morgan fingerprint density at radius 2 is 2.00 bits per heavy atom. The number of hydrogen-bond acceptors (Lipinski definition) is 3. The van der Waals surface area contributed by atoms with E-state index in [1.54, 1.807) is 0 Å². The predicted octanol–water partition coefficient (Wildman–Crippen LogP) is 2.18. The molecule has 0 heterocycles. The van der Waals surface area contributed by atoms with Gasteiger partial charge in [0.25, 0.3) is 0 Å². The Labute approximate surface area is 79.1 Å². The van der Waals surface area contributed by atoms with Crippen LogP contribution >= 0.6 is 12.6 Å². The van der Waals surface area contributed by atoms with Gasteiger partial charge in [0.1, 0.15) is 6.10 Å². The van der Waals surface area contributed by atoms with Crippen LogP contribution in [0.5, 0.6) is 0 Å². The highest BCUT2D eigenvalue weighted by molar-refractivity contribution is 7.80. The zero-order valence-corrected chi connectivity index (χ0v) is 8.19. The van der Waals surface area contributed by atoms with Crippen molar-refractivity contribution >= 4 is 18.6 Å². The molecule has 0 amide bonds. The van der Waals surface area contributed by atoms with Crippen molar-refractivity contribution in [2.24, 2.45) is 0 Å². The Kier molecular flexibility index (Phi) is 4.51. The van der Waals surface area contributed by atoms with Crippen molar-refractivity contribution < 1.29 is 9.53 Å². The molecule has 0 aromatic carbocycles. The molecule has 0 bridgehead atoms. The molecule has 0 aromatic rings. The third kappa shape index (κ3) is 3.48. The van der Waals surface area contributed by atoms with E-state index in [-0.39, 0.29) is 12.1 Å². The molecule has 12 heavy (non-hydrogen) atoms. The minimum atomic E-state index is -0.0862. The Bertz CT molecular complexity index is 141. The quantitative estimate of drug-likeness (QED) is 0.542. The zero-order chi connectivity index (χ0) is 8.81. The first-order chi connectivity index (χ1) is 5.83. The van der Waals surface area contributed by atoms with Gasteiger partial charge in [-0.25, -0.2) is 0 Å². The number of ether oxygens (including phenoxy) is 1. The molecule has 0 atom stereocenters. The molecule has 3 heteroatoms. The third-order valence-electron chi connectivity index (χ3n) is 2.17. The van der Waals surface area contributed by atoms with Crippen molar-refractivity contribution in [3.05, 3.63) is 0 Å². The minimum Gasteiger partial charge on any atom is -0.462 e. The summed E-state index contributed by atoms with van der Waals surface area (Å²) in [4.78, 5) is 11.0. The van der Waals surface area contributed by atoms with Gasteiger partial charge in [-0.2, -0.15) is 12.6 Å². The highest BCUT2D eigenvalue weighted by atomic mass is 32.1. The molecule has 0 N–H and O–H groups in total. The molecule has 0 spiro atoms. The van der Waals surface area contributed by atoms with Crippen molar-refractivity contribution in [3.63, 3.8) is 0 Å². The summed E-state index contributed by atoms with van der Waals surface area (Å²) in [7, 11) is 0. The van der Waals surface area contributed by atoms with Crippen LogP contribution in [0.1, 0.15) is 38.5 Å². The predicted molar refractivity (Wildman–Crippen MR) is 51.4 cm³/mol. The second-order valence-electron chi connectivity index (χ2n) is 3.22. The van der Waals surface area contributed by atoms with Gasteiger partial charge in [-0.1, -0.05) is 6.42 Å². The SMILES string of the molecule is O=C(CCS)OC1CCCCC1. The van der Waals surface area contributed by atoms with Crippen molar-refractivity contribution in [3.8, 4) is 0 Å². The molecule has 0 aromatic heterocycles. The molecule has 1 aliphatic carbocycles. The zero-order valence-electron chi connectivity index (χ0n) is 7.29. The number of hydrogen-bond donors (Lipinski definition) is 1. The van der Waals surface area contributed by atoms with E-state index in [0.717, 1.165) is 12.8 Å². The number of carbonyl (C=O) groups is 1. The van der Waals surface area contributed by atoms with Gasteiger partial charge in [-0.05, 0) is 25.7 Å². The molecule has 1 aliphatic rings. The largest absolute Gasteiger partial charge is 0.462 e. The summed E-state index contributed by atoms with van der Waals surface area (Å²) < 4.78 is 5.24. The molecule has 1 fully saturated rings. The van der Waals surface area contributed by atoms with E-state index in [0.29, 0.717) is 12.2 Å². The van der Waals surface area contributed by atoms with Crippen molar-refractivity contribution in [1.82, 2.24) is 0 Å². The van der Waals surface area contributed by atoms with Crippen LogP contribution in [0.3, 0.4) is 0 Å². The van der Waals surface area contributed by atoms with Crippen LogP contribution in [0.4, 0.5) is 0 Å². The van der Waals surface area contributed by atoms with Gasteiger partial charge < -0.3 is 4.74 Å². The Morgan fingerprint density at radius 1 is 1.33 bits per heavy atom. The molecule has 0 unspecified atom stereocenters. The lowest BCUT2D eigenvalue weighted by atomic mass is 9.98. The topological polar surface area (TPSA) is 26.3 Å². The fraction of sp³-hybridized carbons (Fsp3) is 0.889. The first-order valence-corrected chi connectivity index (χ1v) is 5.26. The van der Waals surface area contributed by atoms with Gasteiger partial charge in [-0.3, -0.25) is 4.79 Å². The lowest BCUT2D eigenvalue weighted by Crippen LogP contribution is -2.20. The molecule has 0 radical (unpaired) electrons. The first-order valence-electron chi connectivity index (χ1n) is 4.63. The third-order valence-corrected chi connectivity index (χ3v) is 2.39. The number of thiol groups is 1. The van der Waals surface area contributed by atoms with Gasteiger partial charge in [0.15, 0.2) is 0 Å². The summed E-state index contributed by atoms with van der Waals surface area (Å²) in [6.07, 6.45) is 6.46. The highest BCUT2D eigenvalue weighted by Crippen LogP contribution is 2.20. The van der Waals surface area contributed by atoms with Gasteiger partial charge in [0.2, 0.25) is 0 Å². The van der Waals surface area contributed by atoms with Gasteiger partial charge in [0.05, 0.1) is 6.42 Å². The first kappa shape index (κ1) is 9.90. The van der Waals surface area contributed by atoms with Crippen LogP contribution in [0.2, 0.25) is 0 Å². The minimum absolute atomic E-state index is 0.0862. The maximum absolute atomic E-state index is 11.0. The van der Waals surface area contributed by atoms with E-state index in [1.165, 1.54) is 19.3 Å². The van der Waals surface area contributed by atoms with Crippen molar-refractivity contribution in [2.75, 3.05) is 5.75 Å². The molecule has 1 rings (SSSR count). The van der Waals surface area contributed by atoms with Crippen LogP contribution in [0, 0.1) is 0 Å². The second-order valence-corrected chi connectivity index (χ2v) is 3.67. The average Bonchev–Trinajstić information content (AvgIpc) is 2.06. The van der Waals surface area contributed by atoms with E-state index >= 15 is 0 Å². The summed E-state index contributed by atoms with van der Waals surface area (Å²) >= 11 is 3.98. The van der Waals surface area contributed by atoms with Crippen LogP contribution in [-0.2, 0) is 9.53 Å². The van der Waals surface area contributed by atoms with Gasteiger partial charge in [-0.15, -0.1) is 0 Å². The van der Waals surface area contributed by atoms with Crippen LogP contribution in [0.25, 0.3) is 0 Å². The second kappa shape index (κ2) is 5.46. The summed E-state index contributed by atoms with van der Waals surface area (Å²) in [5.74, 6) is 0.503. The maximum atomic E-state index is 11.0. The highest BCUT2D eigenvalue weighted by Gasteiger charge is 2.16. The molecule has 2 nitrogen and oxygen atoms in total. The summed E-state index contributed by atoms with van der Waals surface area (Å²) in [5.41, 5.74) is 0. The van der Waals surface area contributed by atoms with Gasteiger partial charge in [0, 0.05) is 5.75 Å². The van der Waals surface area contributed by atoms with Gasteiger partial charge >= 0.3 is 5.97 Å². The van der Waals surface area contributed by atoms with E-state index in [1.807, 2.05) is 0 Å². The van der Waals surface area contributed by atoms with E-state index in [4.69, 9.17) is 4.74 Å². The van der Waals surface area contributed by atoms with Crippen LogP contribution in [0.15, 0.2) is 0 Å². The molecule has 0 aliphatic heterocycles. The van der Waals surface area contributed by atoms with Crippen LogP contribution < -0.4 is 0 Å². The van der Waals surface area contributed by atoms with Crippen molar-refractivity contribution in [2.45, 2.75) is 44.6 Å². The van der Waals surface area contributed by atoms with E-state index < -0.39 is 0 Å². The standard InChI is InChI=1S/C9H16O2S/c10-9(6-7-12)11-8-4-2-1-3-5-8/h8,12H,1-7H2. The summed E-state index contributed by atoms with van der Waals surface area (Å²) in [5, 5.41) is 0. The fourth-order valence-corrected chi connectivity index (χ4v) is 1.70. The monoisotopic (exact) mass is 188 g/mol. The number of rotatable bonds is 3. The van der Waals surface area contributed by atoms with E-state index in [9.17, 15) is 4.79 Å². The fourth-order valence-electron chi connectivity index (χ4n) is 1.52. The molecular formula is C9H16O2S. The normalized spacial score (nSPS) is 19.1. The van der Waals surface area contributed by atoms with Crippen LogP contribution in [-0.4, -0.2) is 17.8 Å². The Hall–Kier alpha value is -0.180. The summed E-state index contributed by atoms with van der Waals surface area (Å²) in [6, 6.07) is 0. The molecule has 0 saturated heterocycles. The smallest absolute Gasteiger partial charge is 0.306 e. The summed E-state index contributed by atoms with van der Waals surface area (Å²) in [6.45, 7) is 0. The lowest BCUT2D eigenvalue weighted by molar-refractivity contribution is -0.149.